The van der Waals surface area contributed by atoms with Gasteiger partial charge in [-0.1, -0.05) is 18.2 Å². The van der Waals surface area contributed by atoms with Gasteiger partial charge in [0.1, 0.15) is 0 Å². The second kappa shape index (κ2) is 5.95. The van der Waals surface area contributed by atoms with Gasteiger partial charge in [0, 0.05) is 23.7 Å². The lowest BCUT2D eigenvalue weighted by Crippen LogP contribution is -2.34. The van der Waals surface area contributed by atoms with Crippen LogP contribution in [0.4, 0.5) is 5.69 Å². The van der Waals surface area contributed by atoms with Crippen LogP contribution in [0.5, 0.6) is 0 Å². The summed E-state index contributed by atoms with van der Waals surface area (Å²) in [5, 5.41) is 11.1. The topological polar surface area (TPSA) is 59.0 Å². The summed E-state index contributed by atoms with van der Waals surface area (Å²) in [6.45, 7) is 0. The van der Waals surface area contributed by atoms with Gasteiger partial charge in [-0.3, -0.25) is 14.8 Å². The minimum Gasteiger partial charge on any atom is -0.332 e. The van der Waals surface area contributed by atoms with E-state index in [0.717, 1.165) is 16.6 Å². The normalized spacial score (nSPS) is 10.4. The van der Waals surface area contributed by atoms with E-state index in [1.165, 1.54) is 0 Å². The third kappa shape index (κ3) is 2.96. The van der Waals surface area contributed by atoms with Gasteiger partial charge in [0.25, 0.3) is 5.91 Å². The molecule has 0 aliphatic heterocycles. The Balaban J connectivity index is 1.69. The summed E-state index contributed by atoms with van der Waals surface area (Å²) >= 11 is 5.18. The van der Waals surface area contributed by atoms with Crippen molar-refractivity contribution in [3.8, 4) is 0 Å². The third-order valence-electron chi connectivity index (χ3n) is 3.27. The second-order valence-corrected chi connectivity index (χ2v) is 5.22. The third-order valence-corrected chi connectivity index (χ3v) is 3.47. The molecule has 5 nitrogen and oxygen atoms in total. The van der Waals surface area contributed by atoms with Gasteiger partial charge in [0.2, 0.25) is 0 Å². The molecule has 0 saturated carbocycles. The maximum atomic E-state index is 12.0. The number of benzene rings is 2. The van der Waals surface area contributed by atoms with E-state index in [0.29, 0.717) is 5.56 Å². The lowest BCUT2D eigenvalue weighted by atomic mass is 10.2. The van der Waals surface area contributed by atoms with Gasteiger partial charge in [0.05, 0.1) is 11.7 Å². The van der Waals surface area contributed by atoms with Crippen molar-refractivity contribution in [1.29, 1.82) is 0 Å². The van der Waals surface area contributed by atoms with Crippen LogP contribution in [0.1, 0.15) is 10.4 Å². The molecule has 0 radical (unpaired) electrons. The maximum Gasteiger partial charge on any atom is 0.257 e. The number of amides is 1. The Kier molecular flexibility index (Phi) is 3.84. The highest BCUT2D eigenvalue weighted by molar-refractivity contribution is 7.80. The van der Waals surface area contributed by atoms with Gasteiger partial charge in [-0.05, 0) is 42.5 Å². The van der Waals surface area contributed by atoms with Gasteiger partial charge in [-0.2, -0.15) is 5.10 Å². The molecule has 0 saturated heterocycles. The summed E-state index contributed by atoms with van der Waals surface area (Å²) in [5.74, 6) is -0.236. The minimum absolute atomic E-state index is 0.236. The van der Waals surface area contributed by atoms with Crippen LogP contribution < -0.4 is 10.6 Å². The number of thiocarbonyl (C=S) groups is 1. The molecule has 0 spiro atoms. The van der Waals surface area contributed by atoms with Crippen molar-refractivity contribution in [3.63, 3.8) is 0 Å². The molecule has 0 aliphatic carbocycles. The first-order valence-corrected chi connectivity index (χ1v) is 7.13. The molecule has 2 aromatic carbocycles. The van der Waals surface area contributed by atoms with Crippen molar-refractivity contribution < 1.29 is 4.79 Å². The highest BCUT2D eigenvalue weighted by atomic mass is 32.1. The summed E-state index contributed by atoms with van der Waals surface area (Å²) in [5.41, 5.74) is 2.40. The highest BCUT2D eigenvalue weighted by Crippen LogP contribution is 2.18. The number of nitrogens with zero attached hydrogens (tertiary/aromatic N) is 2. The van der Waals surface area contributed by atoms with E-state index in [1.807, 2.05) is 43.4 Å². The minimum atomic E-state index is -0.236. The van der Waals surface area contributed by atoms with E-state index in [1.54, 1.807) is 23.0 Å². The molecule has 0 aliphatic rings. The number of rotatable bonds is 2. The number of hydrogen-bond donors (Lipinski definition) is 2. The van der Waals surface area contributed by atoms with Gasteiger partial charge < -0.3 is 5.32 Å². The van der Waals surface area contributed by atoms with Crippen molar-refractivity contribution in [2.75, 3.05) is 5.32 Å². The Morgan fingerprint density at radius 2 is 1.95 bits per heavy atom. The molecule has 6 heteroatoms. The molecule has 110 valence electrons. The Labute approximate surface area is 132 Å². The predicted octanol–water partition coefficient (Wildman–Crippen LogP) is 2.70. The van der Waals surface area contributed by atoms with Crippen LogP contribution >= 0.6 is 12.2 Å². The molecule has 0 fully saturated rings. The van der Waals surface area contributed by atoms with Crippen LogP contribution in [-0.2, 0) is 7.05 Å². The first-order valence-electron chi connectivity index (χ1n) is 6.72. The van der Waals surface area contributed by atoms with Crippen molar-refractivity contribution in [2.45, 2.75) is 0 Å². The molecule has 1 heterocycles. The molecule has 0 atom stereocenters. The average Bonchev–Trinajstić information content (AvgIpc) is 2.89. The molecule has 1 aromatic heterocycles. The fraction of sp³-hybridized carbons (Fsp3) is 0.0625. The number of carbonyl (C=O) groups excluding carboxylic acids is 1. The first-order chi connectivity index (χ1) is 10.6. The predicted molar refractivity (Wildman–Crippen MR) is 90.8 cm³/mol. The number of aromatic nitrogens is 2. The molecule has 3 rings (SSSR count). The van der Waals surface area contributed by atoms with Crippen molar-refractivity contribution in [3.05, 3.63) is 60.3 Å². The summed E-state index contributed by atoms with van der Waals surface area (Å²) < 4.78 is 1.80. The molecule has 3 aromatic rings. The van der Waals surface area contributed by atoms with E-state index >= 15 is 0 Å². The summed E-state index contributed by atoms with van der Waals surface area (Å²) in [6.07, 6.45) is 1.78. The molecular weight excluding hydrogens is 296 g/mol. The fourth-order valence-electron chi connectivity index (χ4n) is 2.17. The molecule has 1 amide bonds. The molecule has 22 heavy (non-hydrogen) atoms. The zero-order chi connectivity index (χ0) is 15.5. The van der Waals surface area contributed by atoms with Crippen molar-refractivity contribution in [2.24, 2.45) is 7.05 Å². The van der Waals surface area contributed by atoms with Crippen LogP contribution in [0, 0.1) is 0 Å². The van der Waals surface area contributed by atoms with Crippen LogP contribution in [0.3, 0.4) is 0 Å². The van der Waals surface area contributed by atoms with Crippen LogP contribution in [0.2, 0.25) is 0 Å². The summed E-state index contributed by atoms with van der Waals surface area (Å²) in [6, 6.07) is 14.7. The molecular formula is C16H14N4OS. The average molecular weight is 310 g/mol. The zero-order valence-corrected chi connectivity index (χ0v) is 12.7. The monoisotopic (exact) mass is 310 g/mol. The summed E-state index contributed by atoms with van der Waals surface area (Å²) in [4.78, 5) is 12.0. The summed E-state index contributed by atoms with van der Waals surface area (Å²) in [7, 11) is 1.89. The standard InChI is InChI=1S/C16H14N4OS/c1-20-14-8-7-13(9-12(14)10-17-20)18-16(22)19-15(21)11-5-3-2-4-6-11/h2-10H,1H3,(H2,18,19,21,22). The largest absolute Gasteiger partial charge is 0.332 e. The van der Waals surface area contributed by atoms with Gasteiger partial charge in [0.15, 0.2) is 5.11 Å². The Morgan fingerprint density at radius 1 is 1.18 bits per heavy atom. The lowest BCUT2D eigenvalue weighted by molar-refractivity contribution is 0.0978. The number of nitrogens with one attached hydrogen (secondary N) is 2. The SMILES string of the molecule is Cn1ncc2cc(NC(=S)NC(=O)c3ccccc3)ccc21. The van der Waals surface area contributed by atoms with Crippen molar-refractivity contribution in [1.82, 2.24) is 15.1 Å². The zero-order valence-electron chi connectivity index (χ0n) is 11.9. The molecule has 2 N–H and O–H groups in total. The highest BCUT2D eigenvalue weighted by Gasteiger charge is 2.08. The lowest BCUT2D eigenvalue weighted by Gasteiger charge is -2.09. The van der Waals surface area contributed by atoms with E-state index < -0.39 is 0 Å². The Morgan fingerprint density at radius 3 is 2.73 bits per heavy atom. The number of aryl methyl sites for hydroxylation is 1. The quantitative estimate of drug-likeness (QED) is 0.715. The van der Waals surface area contributed by atoms with Crippen molar-refractivity contribution >= 4 is 39.8 Å². The number of anilines is 1. The molecule has 0 unspecified atom stereocenters. The van der Waals surface area contributed by atoms with Gasteiger partial charge in [-0.25, -0.2) is 0 Å². The first kappa shape index (κ1) is 14.2. The van der Waals surface area contributed by atoms with Crippen LogP contribution in [0.15, 0.2) is 54.7 Å². The smallest absolute Gasteiger partial charge is 0.257 e. The van der Waals surface area contributed by atoms with E-state index in [4.69, 9.17) is 12.2 Å². The van der Waals surface area contributed by atoms with E-state index in [9.17, 15) is 4.79 Å². The number of carbonyl (C=O) groups is 1. The van der Waals surface area contributed by atoms with Crippen LogP contribution in [-0.4, -0.2) is 20.8 Å². The number of hydrogen-bond acceptors (Lipinski definition) is 3. The van der Waals surface area contributed by atoms with E-state index in [2.05, 4.69) is 15.7 Å². The van der Waals surface area contributed by atoms with Gasteiger partial charge >= 0.3 is 0 Å². The fourth-order valence-corrected chi connectivity index (χ4v) is 2.38. The second-order valence-electron chi connectivity index (χ2n) is 4.82. The van der Waals surface area contributed by atoms with E-state index in [-0.39, 0.29) is 11.0 Å². The Bertz CT molecular complexity index is 842. The maximum absolute atomic E-state index is 12.0. The Hall–Kier alpha value is -2.73. The number of fused-ring (bicyclic) bond motifs is 1. The van der Waals surface area contributed by atoms with Crippen LogP contribution in [0.25, 0.3) is 10.9 Å². The van der Waals surface area contributed by atoms with Gasteiger partial charge in [-0.15, -0.1) is 0 Å². The molecule has 0 bridgehead atoms.